The molecule has 2 rings (SSSR count). The second-order valence-corrected chi connectivity index (χ2v) is 4.72. The van der Waals surface area contributed by atoms with E-state index < -0.39 is 5.63 Å². The van der Waals surface area contributed by atoms with E-state index in [4.69, 9.17) is 4.42 Å². The topological polar surface area (TPSA) is 74.8 Å². The van der Waals surface area contributed by atoms with Gasteiger partial charge in [0.25, 0.3) is 0 Å². The molecule has 0 saturated carbocycles. The van der Waals surface area contributed by atoms with Crippen LogP contribution < -0.4 is 11.1 Å². The van der Waals surface area contributed by atoms with Crippen molar-refractivity contribution in [2.75, 3.05) is 5.43 Å². The zero-order valence-electron chi connectivity index (χ0n) is 12.3. The van der Waals surface area contributed by atoms with Crippen molar-refractivity contribution in [3.63, 3.8) is 0 Å². The zero-order valence-corrected chi connectivity index (χ0v) is 12.3. The Morgan fingerprint density at radius 3 is 2.76 bits per heavy atom. The first kappa shape index (κ1) is 14.8. The molecule has 1 aromatic heterocycles. The lowest BCUT2D eigenvalue weighted by molar-refractivity contribution is 0.432. The third-order valence-corrected chi connectivity index (χ3v) is 3.16. The van der Waals surface area contributed by atoms with Crippen LogP contribution in [0.1, 0.15) is 30.7 Å². The van der Waals surface area contributed by atoms with E-state index in [0.717, 1.165) is 17.7 Å². The average molecular weight is 286 g/mol. The molecule has 110 valence electrons. The number of nitrogens with zero attached hydrogens (tertiary/aromatic N) is 1. The maximum Gasteiger partial charge on any atom is 0.348 e. The van der Waals surface area contributed by atoms with E-state index in [9.17, 15) is 9.90 Å². The second-order valence-electron chi connectivity index (χ2n) is 4.72. The molecule has 0 saturated heterocycles. The summed E-state index contributed by atoms with van der Waals surface area (Å²) >= 11 is 0. The lowest BCUT2D eigenvalue weighted by Gasteiger charge is -2.08. The maximum absolute atomic E-state index is 11.8. The van der Waals surface area contributed by atoms with Crippen LogP contribution in [0.5, 0.6) is 5.75 Å². The number of rotatable bonds is 4. The highest BCUT2D eigenvalue weighted by molar-refractivity contribution is 6.00. The fourth-order valence-electron chi connectivity index (χ4n) is 2.07. The van der Waals surface area contributed by atoms with Crippen LogP contribution in [0.25, 0.3) is 0 Å². The molecule has 0 aliphatic heterocycles. The van der Waals surface area contributed by atoms with Crippen molar-refractivity contribution in [2.45, 2.75) is 27.2 Å². The molecule has 5 heteroatoms. The van der Waals surface area contributed by atoms with Gasteiger partial charge in [-0.2, -0.15) is 5.10 Å². The molecule has 0 aliphatic carbocycles. The largest absolute Gasteiger partial charge is 0.507 e. The van der Waals surface area contributed by atoms with E-state index >= 15 is 0 Å². The Morgan fingerprint density at radius 2 is 2.10 bits per heavy atom. The van der Waals surface area contributed by atoms with Gasteiger partial charge in [-0.3, -0.25) is 5.43 Å². The molecule has 0 spiro atoms. The van der Waals surface area contributed by atoms with Gasteiger partial charge in [-0.05, 0) is 31.9 Å². The average Bonchev–Trinajstić information content (AvgIpc) is 2.44. The third kappa shape index (κ3) is 3.31. The lowest BCUT2D eigenvalue weighted by atomic mass is 10.1. The normalized spacial score (nSPS) is 11.5. The Morgan fingerprint density at radius 1 is 1.38 bits per heavy atom. The summed E-state index contributed by atoms with van der Waals surface area (Å²) in [6.45, 7) is 5.30. The first-order chi connectivity index (χ1) is 10.0. The number of aryl methyl sites for hydroxylation is 2. The molecule has 2 aromatic rings. The summed E-state index contributed by atoms with van der Waals surface area (Å²) in [6, 6.07) is 9.18. The number of benzene rings is 1. The van der Waals surface area contributed by atoms with Gasteiger partial charge in [0, 0.05) is 6.07 Å². The van der Waals surface area contributed by atoms with Gasteiger partial charge in [-0.25, -0.2) is 4.79 Å². The summed E-state index contributed by atoms with van der Waals surface area (Å²) < 4.78 is 4.98. The van der Waals surface area contributed by atoms with Crippen molar-refractivity contribution in [3.05, 3.63) is 57.6 Å². The number of hydrazone groups is 1. The summed E-state index contributed by atoms with van der Waals surface area (Å²) in [6.07, 6.45) is 0.871. The molecule has 0 radical (unpaired) electrons. The molecule has 0 amide bonds. The van der Waals surface area contributed by atoms with Crippen LogP contribution in [0.2, 0.25) is 0 Å². The van der Waals surface area contributed by atoms with E-state index in [1.165, 1.54) is 6.07 Å². The molecule has 0 atom stereocenters. The minimum Gasteiger partial charge on any atom is -0.507 e. The minimum atomic E-state index is -0.598. The van der Waals surface area contributed by atoms with Crippen LogP contribution in [-0.4, -0.2) is 10.8 Å². The van der Waals surface area contributed by atoms with E-state index in [2.05, 4.69) is 17.5 Å². The SMILES string of the molecule is CCc1ccccc1NN=C(C)c1c(O)cc(C)oc1=O. The number of hydrogen-bond acceptors (Lipinski definition) is 5. The molecule has 1 aromatic carbocycles. The summed E-state index contributed by atoms with van der Waals surface area (Å²) in [5, 5.41) is 14.0. The van der Waals surface area contributed by atoms with Gasteiger partial charge in [0.1, 0.15) is 17.1 Å². The highest BCUT2D eigenvalue weighted by Gasteiger charge is 2.13. The van der Waals surface area contributed by atoms with Crippen molar-refractivity contribution in [1.29, 1.82) is 0 Å². The number of nitrogens with one attached hydrogen (secondary N) is 1. The Bertz CT molecular complexity index is 733. The lowest BCUT2D eigenvalue weighted by Crippen LogP contribution is -2.14. The summed E-state index contributed by atoms with van der Waals surface area (Å²) in [7, 11) is 0. The highest BCUT2D eigenvalue weighted by atomic mass is 16.4. The molecule has 2 N–H and O–H groups in total. The number of anilines is 1. The smallest absolute Gasteiger partial charge is 0.348 e. The first-order valence-corrected chi connectivity index (χ1v) is 6.75. The highest BCUT2D eigenvalue weighted by Crippen LogP contribution is 2.18. The number of hydrogen-bond donors (Lipinski definition) is 2. The molecule has 5 nitrogen and oxygen atoms in total. The van der Waals surface area contributed by atoms with Crippen molar-refractivity contribution in [3.8, 4) is 5.75 Å². The second kappa shape index (κ2) is 6.26. The fourth-order valence-corrected chi connectivity index (χ4v) is 2.07. The summed E-state index contributed by atoms with van der Waals surface area (Å²) in [5.74, 6) is 0.230. The Hall–Kier alpha value is -2.56. The Kier molecular flexibility index (Phi) is 4.42. The van der Waals surface area contributed by atoms with Crippen molar-refractivity contribution < 1.29 is 9.52 Å². The van der Waals surface area contributed by atoms with Crippen LogP contribution in [0, 0.1) is 6.92 Å². The van der Waals surface area contributed by atoms with Crippen molar-refractivity contribution in [2.24, 2.45) is 5.10 Å². The molecule has 0 aliphatic rings. The van der Waals surface area contributed by atoms with E-state index in [-0.39, 0.29) is 11.3 Å². The van der Waals surface area contributed by atoms with Crippen LogP contribution in [0.3, 0.4) is 0 Å². The Balaban J connectivity index is 2.32. The molecular weight excluding hydrogens is 268 g/mol. The zero-order chi connectivity index (χ0) is 15.4. The van der Waals surface area contributed by atoms with Gasteiger partial charge >= 0.3 is 5.63 Å². The fraction of sp³-hybridized carbons (Fsp3) is 0.250. The van der Waals surface area contributed by atoms with Crippen molar-refractivity contribution in [1.82, 2.24) is 0 Å². The Labute approximate surface area is 122 Å². The van der Waals surface area contributed by atoms with Gasteiger partial charge in [0.15, 0.2) is 0 Å². The molecule has 1 heterocycles. The molecule has 21 heavy (non-hydrogen) atoms. The monoisotopic (exact) mass is 286 g/mol. The van der Waals surface area contributed by atoms with Crippen molar-refractivity contribution >= 4 is 11.4 Å². The summed E-state index contributed by atoms with van der Waals surface area (Å²) in [5.41, 5.74) is 4.76. The van der Waals surface area contributed by atoms with Gasteiger partial charge in [0.05, 0.1) is 11.4 Å². The van der Waals surface area contributed by atoms with Gasteiger partial charge in [-0.15, -0.1) is 0 Å². The molecular formula is C16H18N2O3. The quantitative estimate of drug-likeness (QED) is 0.669. The predicted octanol–water partition coefficient (Wildman–Crippen LogP) is 3.05. The maximum atomic E-state index is 11.8. The van der Waals surface area contributed by atoms with Crippen LogP contribution in [-0.2, 0) is 6.42 Å². The standard InChI is InChI=1S/C16H18N2O3/c1-4-12-7-5-6-8-13(12)18-17-11(3)15-14(19)9-10(2)21-16(15)20/h5-9,18-19H,4H2,1-3H3. The molecule has 0 unspecified atom stereocenters. The van der Waals surface area contributed by atoms with Crippen LogP contribution in [0.15, 0.2) is 44.6 Å². The number of para-hydroxylation sites is 1. The van der Waals surface area contributed by atoms with Crippen LogP contribution in [0.4, 0.5) is 5.69 Å². The van der Waals surface area contributed by atoms with E-state index in [1.54, 1.807) is 13.8 Å². The third-order valence-electron chi connectivity index (χ3n) is 3.16. The first-order valence-electron chi connectivity index (χ1n) is 6.75. The van der Waals surface area contributed by atoms with E-state index in [0.29, 0.717) is 11.5 Å². The van der Waals surface area contributed by atoms with Gasteiger partial charge < -0.3 is 9.52 Å². The minimum absolute atomic E-state index is 0.0714. The van der Waals surface area contributed by atoms with Crippen LogP contribution >= 0.6 is 0 Å². The molecule has 0 bridgehead atoms. The van der Waals surface area contributed by atoms with Gasteiger partial charge in [0.2, 0.25) is 0 Å². The molecule has 0 fully saturated rings. The predicted molar refractivity (Wildman–Crippen MR) is 83.0 cm³/mol. The number of aromatic hydroxyl groups is 1. The van der Waals surface area contributed by atoms with E-state index in [1.807, 2.05) is 24.3 Å². The van der Waals surface area contributed by atoms with Gasteiger partial charge in [-0.1, -0.05) is 25.1 Å². The summed E-state index contributed by atoms with van der Waals surface area (Å²) in [4.78, 5) is 11.8.